The quantitative estimate of drug-likeness (QED) is 0.210. The predicted molar refractivity (Wildman–Crippen MR) is 200 cm³/mol. The second-order valence-electron chi connectivity index (χ2n) is 14.1. The molecule has 3 aliphatic rings. The summed E-state index contributed by atoms with van der Waals surface area (Å²) in [4.78, 5) is 50.2. The Morgan fingerprint density at radius 3 is 2.08 bits per heavy atom. The van der Waals surface area contributed by atoms with Crippen LogP contribution >= 0.6 is 0 Å². The molecule has 1 spiro atoms. The summed E-state index contributed by atoms with van der Waals surface area (Å²) in [5.74, 6) is -1.79. The van der Waals surface area contributed by atoms with Crippen LogP contribution < -0.4 is 19.3 Å². The van der Waals surface area contributed by atoms with Crippen molar-refractivity contribution < 1.29 is 33.7 Å². The maximum atomic E-state index is 15.2. The van der Waals surface area contributed by atoms with Crippen LogP contribution in [0.1, 0.15) is 32.8 Å². The molecule has 3 aromatic carbocycles. The summed E-state index contributed by atoms with van der Waals surface area (Å²) in [6, 6.07) is 22.1. The van der Waals surface area contributed by atoms with Crippen LogP contribution in [-0.4, -0.2) is 84.4 Å². The number of aliphatic hydroxyl groups is 1. The maximum absolute atomic E-state index is 15.2. The van der Waals surface area contributed by atoms with Crippen molar-refractivity contribution in [1.82, 2.24) is 4.90 Å². The molecule has 0 saturated carbocycles. The fourth-order valence-electron chi connectivity index (χ4n) is 8.73. The van der Waals surface area contributed by atoms with Gasteiger partial charge >= 0.3 is 0 Å². The Morgan fingerprint density at radius 1 is 0.962 bits per heavy atom. The first-order valence-electron chi connectivity index (χ1n) is 18.0. The van der Waals surface area contributed by atoms with Crippen molar-refractivity contribution in [2.24, 2.45) is 17.8 Å². The molecule has 10 heteroatoms. The lowest BCUT2D eigenvalue weighted by molar-refractivity contribution is -0.149. The zero-order valence-corrected chi connectivity index (χ0v) is 30.4. The molecule has 0 aliphatic carbocycles. The van der Waals surface area contributed by atoms with E-state index in [4.69, 9.17) is 14.2 Å². The van der Waals surface area contributed by atoms with Crippen molar-refractivity contribution in [3.8, 4) is 11.5 Å². The van der Waals surface area contributed by atoms with Gasteiger partial charge in [-0.05, 0) is 86.7 Å². The summed E-state index contributed by atoms with van der Waals surface area (Å²) < 4.78 is 18.1. The van der Waals surface area contributed by atoms with Crippen molar-refractivity contribution in [2.75, 3.05) is 43.2 Å². The number of carbonyl (C=O) groups is 3. The Kier molecular flexibility index (Phi) is 10.6. The molecule has 274 valence electrons. The highest BCUT2D eigenvalue weighted by molar-refractivity contribution is 6.07. The third-order valence-corrected chi connectivity index (χ3v) is 11.2. The van der Waals surface area contributed by atoms with E-state index in [-0.39, 0.29) is 36.7 Å². The van der Waals surface area contributed by atoms with Gasteiger partial charge in [0.25, 0.3) is 5.91 Å². The molecule has 0 aromatic heterocycles. The van der Waals surface area contributed by atoms with E-state index in [9.17, 15) is 5.11 Å². The van der Waals surface area contributed by atoms with Gasteiger partial charge in [0.2, 0.25) is 11.8 Å². The molecule has 1 N–H and O–H groups in total. The van der Waals surface area contributed by atoms with Crippen LogP contribution in [0.3, 0.4) is 0 Å². The average molecular weight is 708 g/mol. The molecule has 3 aromatic rings. The van der Waals surface area contributed by atoms with Crippen LogP contribution in [0.25, 0.3) is 0 Å². The number of anilines is 2. The number of aliphatic hydroxyl groups excluding tert-OH is 1. The standard InChI is InChI=1S/C42H49N3O7/c1-7-23-43(30-17-21-34(22-18-30)51-9-3)38(47)35-36-39(48)45(32(27-46)25-29-13-11-10-12-14-29)37(42(36)26-28(4)41(35,5)52-42)40(49)44(24-8-2)31-15-19-33(50-6)20-16-31/h7-8,10-22,28,32,35-37,46H,1-2,9,23-27H2,3-6H3/t28?,32-,35-,36+,37?,41+,42?/m1/s1. The average Bonchev–Trinajstić information content (AvgIpc) is 3.68. The van der Waals surface area contributed by atoms with Gasteiger partial charge in [-0.15, -0.1) is 13.2 Å². The Morgan fingerprint density at radius 2 is 1.54 bits per heavy atom. The van der Waals surface area contributed by atoms with Gasteiger partial charge < -0.3 is 34.0 Å². The van der Waals surface area contributed by atoms with Crippen molar-refractivity contribution >= 4 is 29.1 Å². The van der Waals surface area contributed by atoms with E-state index in [1.807, 2.05) is 75.4 Å². The number of ether oxygens (including phenoxy) is 3. The topological polar surface area (TPSA) is 109 Å². The molecule has 2 bridgehead atoms. The monoisotopic (exact) mass is 707 g/mol. The highest BCUT2D eigenvalue weighted by Gasteiger charge is 2.80. The van der Waals surface area contributed by atoms with Crippen LogP contribution in [-0.2, 0) is 25.5 Å². The van der Waals surface area contributed by atoms with E-state index in [1.54, 1.807) is 53.3 Å². The van der Waals surface area contributed by atoms with Crippen LogP contribution in [0.5, 0.6) is 11.5 Å². The zero-order valence-electron chi connectivity index (χ0n) is 30.4. The van der Waals surface area contributed by atoms with Crippen LogP contribution in [0.4, 0.5) is 11.4 Å². The lowest BCUT2D eigenvalue weighted by atomic mass is 9.62. The molecular formula is C42H49N3O7. The number of fused-ring (bicyclic) bond motifs is 1. The van der Waals surface area contributed by atoms with Gasteiger partial charge in [0.1, 0.15) is 23.1 Å². The zero-order chi connectivity index (χ0) is 37.2. The maximum Gasteiger partial charge on any atom is 0.253 e. The Bertz CT molecular complexity index is 1780. The molecular weight excluding hydrogens is 658 g/mol. The second kappa shape index (κ2) is 15.0. The molecule has 0 radical (unpaired) electrons. The molecule has 3 heterocycles. The van der Waals surface area contributed by atoms with Crippen molar-refractivity contribution in [3.63, 3.8) is 0 Å². The molecule has 3 unspecified atom stereocenters. The summed E-state index contributed by atoms with van der Waals surface area (Å²) in [7, 11) is 1.57. The fraction of sp³-hybridized carbons (Fsp3) is 0.405. The smallest absolute Gasteiger partial charge is 0.253 e. The van der Waals surface area contributed by atoms with Gasteiger partial charge in [0.05, 0.1) is 43.8 Å². The molecule has 7 atom stereocenters. The number of carbonyl (C=O) groups excluding carboxylic acids is 3. The van der Waals surface area contributed by atoms with Crippen molar-refractivity contribution in [3.05, 3.63) is 110 Å². The molecule has 3 saturated heterocycles. The van der Waals surface area contributed by atoms with Gasteiger partial charge in [-0.25, -0.2) is 0 Å². The predicted octanol–water partition coefficient (Wildman–Crippen LogP) is 5.45. The molecule has 3 aliphatic heterocycles. The van der Waals surface area contributed by atoms with Crippen molar-refractivity contribution in [1.29, 1.82) is 0 Å². The van der Waals surface area contributed by atoms with Crippen LogP contribution in [0.15, 0.2) is 104 Å². The third kappa shape index (κ3) is 6.17. The molecule has 52 heavy (non-hydrogen) atoms. The molecule has 3 fully saturated rings. The Labute approximate surface area is 306 Å². The van der Waals surface area contributed by atoms with E-state index in [0.717, 1.165) is 5.56 Å². The Balaban J connectivity index is 1.47. The minimum absolute atomic E-state index is 0.160. The third-order valence-electron chi connectivity index (χ3n) is 11.2. The number of benzene rings is 3. The number of hydrogen-bond acceptors (Lipinski definition) is 7. The first-order chi connectivity index (χ1) is 25.1. The van der Waals surface area contributed by atoms with Crippen LogP contribution in [0.2, 0.25) is 0 Å². The molecule has 10 nitrogen and oxygen atoms in total. The van der Waals surface area contributed by atoms with E-state index in [2.05, 4.69) is 13.2 Å². The van der Waals surface area contributed by atoms with Crippen molar-refractivity contribution in [2.45, 2.75) is 56.9 Å². The minimum Gasteiger partial charge on any atom is -0.497 e. The highest BCUT2D eigenvalue weighted by atomic mass is 16.5. The summed E-state index contributed by atoms with van der Waals surface area (Å²) in [5.41, 5.74) is -0.264. The first-order valence-corrected chi connectivity index (χ1v) is 18.0. The number of rotatable bonds is 15. The first kappa shape index (κ1) is 36.8. The van der Waals surface area contributed by atoms with Gasteiger partial charge in [-0.2, -0.15) is 0 Å². The van der Waals surface area contributed by atoms with E-state index < -0.39 is 41.7 Å². The number of methoxy groups -OCH3 is 1. The summed E-state index contributed by atoms with van der Waals surface area (Å²) in [6.45, 7) is 14.1. The lowest BCUT2D eigenvalue weighted by Gasteiger charge is -2.39. The number of nitrogens with zero attached hydrogens (tertiary/aromatic N) is 3. The fourth-order valence-corrected chi connectivity index (χ4v) is 8.73. The second-order valence-corrected chi connectivity index (χ2v) is 14.1. The summed E-state index contributed by atoms with van der Waals surface area (Å²) >= 11 is 0. The number of likely N-dealkylation sites (tertiary alicyclic amines) is 1. The van der Waals surface area contributed by atoms with E-state index in [1.165, 1.54) is 4.90 Å². The van der Waals surface area contributed by atoms with E-state index in [0.29, 0.717) is 42.3 Å². The highest BCUT2D eigenvalue weighted by Crippen LogP contribution is 2.66. The summed E-state index contributed by atoms with van der Waals surface area (Å²) in [6.07, 6.45) is 3.98. The normalized spacial score (nSPS) is 26.4. The molecule has 3 amide bonds. The van der Waals surface area contributed by atoms with E-state index >= 15 is 14.4 Å². The van der Waals surface area contributed by atoms with Gasteiger partial charge in [0.15, 0.2) is 0 Å². The minimum atomic E-state index is -1.34. The largest absolute Gasteiger partial charge is 0.497 e. The van der Waals surface area contributed by atoms with Gasteiger partial charge in [0, 0.05) is 24.5 Å². The van der Waals surface area contributed by atoms with Gasteiger partial charge in [-0.3, -0.25) is 14.4 Å². The summed E-state index contributed by atoms with van der Waals surface area (Å²) in [5, 5.41) is 11.0. The molecule has 6 rings (SSSR count). The number of hydrogen-bond donors (Lipinski definition) is 1. The van der Waals surface area contributed by atoms with Gasteiger partial charge in [-0.1, -0.05) is 49.4 Å². The van der Waals surface area contributed by atoms with Crippen LogP contribution in [0, 0.1) is 17.8 Å². The lowest BCUT2D eigenvalue weighted by Crippen LogP contribution is -2.59. The SMILES string of the molecule is C=CCN(C(=O)C1N([C@@H](CO)Cc2ccccc2)C(=O)[C@@H]2[C@H](C(=O)N(CC=C)c3ccc(OCC)cc3)[C@@]3(C)OC12CC3C)c1ccc(OC)cc1. The number of amides is 3. The Hall–Kier alpha value is -4.93.